The van der Waals surface area contributed by atoms with Gasteiger partial charge in [-0.25, -0.2) is 4.39 Å². The molecule has 0 saturated carbocycles. The minimum absolute atomic E-state index is 0.117. The number of thioether (sulfide) groups is 1. The van der Waals surface area contributed by atoms with E-state index in [1.165, 1.54) is 23.9 Å². The Morgan fingerprint density at radius 1 is 1.19 bits per heavy atom. The highest BCUT2D eigenvalue weighted by molar-refractivity contribution is 7.99. The number of halogens is 1. The molecule has 0 aliphatic heterocycles. The van der Waals surface area contributed by atoms with Crippen LogP contribution in [0.2, 0.25) is 0 Å². The lowest BCUT2D eigenvalue weighted by atomic mass is 10.1. The molecular weight excluding hydrogens is 363 g/mol. The monoisotopic (exact) mass is 384 g/mol. The van der Waals surface area contributed by atoms with E-state index in [2.05, 4.69) is 21.6 Å². The summed E-state index contributed by atoms with van der Waals surface area (Å²) in [5.41, 5.74) is 2.97. The fourth-order valence-electron chi connectivity index (χ4n) is 2.75. The number of carbonyl (C=O) groups excluding carboxylic acids is 1. The van der Waals surface area contributed by atoms with Crippen LogP contribution in [0.1, 0.15) is 29.9 Å². The Labute approximate surface area is 162 Å². The number of benzene rings is 2. The van der Waals surface area contributed by atoms with E-state index in [1.54, 1.807) is 12.1 Å². The summed E-state index contributed by atoms with van der Waals surface area (Å²) in [6.07, 6.45) is 0. The number of nitrogens with one attached hydrogen (secondary N) is 1. The van der Waals surface area contributed by atoms with Crippen LogP contribution in [-0.2, 0) is 4.79 Å². The maximum absolute atomic E-state index is 13.0. The van der Waals surface area contributed by atoms with Crippen molar-refractivity contribution in [3.05, 3.63) is 71.3 Å². The summed E-state index contributed by atoms with van der Waals surface area (Å²) in [6, 6.07) is 14.0. The maximum atomic E-state index is 13.0. The SMILES string of the molecule is Cc1cccc(-n2c(C)nnc2SCC(=O)N[C@H](C)c2ccc(F)cc2)c1. The predicted octanol–water partition coefficient (Wildman–Crippen LogP) is 3.99. The summed E-state index contributed by atoms with van der Waals surface area (Å²) in [5, 5.41) is 11.9. The third-order valence-electron chi connectivity index (χ3n) is 4.13. The summed E-state index contributed by atoms with van der Waals surface area (Å²) < 4.78 is 15.0. The van der Waals surface area contributed by atoms with E-state index < -0.39 is 0 Å². The van der Waals surface area contributed by atoms with E-state index in [0.29, 0.717) is 5.16 Å². The van der Waals surface area contributed by atoms with Crippen molar-refractivity contribution in [3.63, 3.8) is 0 Å². The van der Waals surface area contributed by atoms with E-state index in [4.69, 9.17) is 0 Å². The third-order valence-corrected chi connectivity index (χ3v) is 5.06. The fraction of sp³-hybridized carbons (Fsp3) is 0.250. The molecule has 1 N–H and O–H groups in total. The Balaban J connectivity index is 1.65. The molecule has 7 heteroatoms. The first-order chi connectivity index (χ1) is 12.9. The van der Waals surface area contributed by atoms with Gasteiger partial charge in [-0.05, 0) is 56.2 Å². The maximum Gasteiger partial charge on any atom is 0.230 e. The van der Waals surface area contributed by atoms with E-state index in [0.717, 1.165) is 22.6 Å². The second-order valence-corrected chi connectivity index (χ2v) is 7.28. The Morgan fingerprint density at radius 2 is 1.93 bits per heavy atom. The van der Waals surface area contributed by atoms with Crippen LogP contribution in [0.5, 0.6) is 0 Å². The van der Waals surface area contributed by atoms with Crippen molar-refractivity contribution in [2.45, 2.75) is 32.0 Å². The van der Waals surface area contributed by atoms with E-state index in [-0.39, 0.29) is 23.5 Å². The first-order valence-corrected chi connectivity index (χ1v) is 9.59. The molecule has 0 aliphatic carbocycles. The zero-order valence-electron chi connectivity index (χ0n) is 15.4. The summed E-state index contributed by atoms with van der Waals surface area (Å²) in [7, 11) is 0. The molecule has 0 radical (unpaired) electrons. The average molecular weight is 384 g/mol. The highest BCUT2D eigenvalue weighted by Gasteiger charge is 2.15. The molecule has 3 aromatic rings. The van der Waals surface area contributed by atoms with Crippen molar-refractivity contribution in [1.82, 2.24) is 20.1 Å². The second-order valence-electron chi connectivity index (χ2n) is 6.33. The molecule has 0 bridgehead atoms. The van der Waals surface area contributed by atoms with Crippen molar-refractivity contribution in [2.24, 2.45) is 0 Å². The topological polar surface area (TPSA) is 59.8 Å². The Morgan fingerprint density at radius 3 is 2.63 bits per heavy atom. The zero-order valence-corrected chi connectivity index (χ0v) is 16.3. The van der Waals surface area contributed by atoms with Gasteiger partial charge in [-0.1, -0.05) is 36.0 Å². The summed E-state index contributed by atoms with van der Waals surface area (Å²) in [4.78, 5) is 12.3. The largest absolute Gasteiger partial charge is 0.349 e. The molecule has 27 heavy (non-hydrogen) atoms. The van der Waals surface area contributed by atoms with Crippen molar-refractivity contribution >= 4 is 17.7 Å². The van der Waals surface area contributed by atoms with Crippen molar-refractivity contribution in [3.8, 4) is 5.69 Å². The first kappa shape index (κ1) is 19.1. The lowest BCUT2D eigenvalue weighted by molar-refractivity contribution is -0.119. The van der Waals surface area contributed by atoms with Gasteiger partial charge in [-0.3, -0.25) is 9.36 Å². The average Bonchev–Trinajstić information content (AvgIpc) is 3.01. The molecule has 1 aromatic heterocycles. The summed E-state index contributed by atoms with van der Waals surface area (Å²) >= 11 is 1.33. The van der Waals surface area contributed by atoms with Gasteiger partial charge in [0.1, 0.15) is 11.6 Å². The van der Waals surface area contributed by atoms with Gasteiger partial charge >= 0.3 is 0 Å². The summed E-state index contributed by atoms with van der Waals surface area (Å²) in [5.74, 6) is 0.574. The molecule has 5 nitrogen and oxygen atoms in total. The lowest BCUT2D eigenvalue weighted by Gasteiger charge is -2.14. The van der Waals surface area contributed by atoms with Crippen LogP contribution in [0.25, 0.3) is 5.69 Å². The van der Waals surface area contributed by atoms with Crippen molar-refractivity contribution in [1.29, 1.82) is 0 Å². The Hall–Kier alpha value is -2.67. The predicted molar refractivity (Wildman–Crippen MR) is 105 cm³/mol. The van der Waals surface area contributed by atoms with Crippen molar-refractivity contribution in [2.75, 3.05) is 5.75 Å². The molecule has 0 unspecified atom stereocenters. The summed E-state index contributed by atoms with van der Waals surface area (Å²) in [6.45, 7) is 5.78. The van der Waals surface area contributed by atoms with Crippen LogP contribution in [0.3, 0.4) is 0 Å². The highest BCUT2D eigenvalue weighted by atomic mass is 32.2. The second kappa shape index (κ2) is 8.35. The lowest BCUT2D eigenvalue weighted by Crippen LogP contribution is -2.28. The normalized spacial score (nSPS) is 12.0. The zero-order chi connectivity index (χ0) is 19.4. The molecule has 3 rings (SSSR count). The molecule has 1 amide bonds. The number of carbonyl (C=O) groups is 1. The van der Waals surface area contributed by atoms with Gasteiger partial charge in [0.05, 0.1) is 11.8 Å². The van der Waals surface area contributed by atoms with Gasteiger partial charge in [0.15, 0.2) is 5.16 Å². The van der Waals surface area contributed by atoms with Gasteiger partial charge in [0.25, 0.3) is 0 Å². The number of rotatable bonds is 6. The van der Waals surface area contributed by atoms with E-state index in [1.807, 2.05) is 43.5 Å². The number of nitrogens with zero attached hydrogens (tertiary/aromatic N) is 3. The van der Waals surface area contributed by atoms with Gasteiger partial charge in [0, 0.05) is 5.69 Å². The van der Waals surface area contributed by atoms with E-state index in [9.17, 15) is 9.18 Å². The Bertz CT molecular complexity index is 939. The third kappa shape index (κ3) is 4.74. The number of hydrogen-bond acceptors (Lipinski definition) is 4. The minimum Gasteiger partial charge on any atom is -0.349 e. The number of aromatic nitrogens is 3. The fourth-order valence-corrected chi connectivity index (χ4v) is 3.56. The standard InChI is InChI=1S/C20H21FN4OS/c1-13-5-4-6-18(11-13)25-15(3)23-24-20(25)27-12-19(26)22-14(2)16-7-9-17(21)10-8-16/h4-11,14H,12H2,1-3H3,(H,22,26)/t14-/m1/s1. The molecule has 0 spiro atoms. The minimum atomic E-state index is -0.293. The van der Waals surface area contributed by atoms with Crippen LogP contribution in [0.4, 0.5) is 4.39 Å². The highest BCUT2D eigenvalue weighted by Crippen LogP contribution is 2.22. The molecule has 0 saturated heterocycles. The van der Waals surface area contributed by atoms with Crippen molar-refractivity contribution < 1.29 is 9.18 Å². The molecule has 1 heterocycles. The van der Waals surface area contributed by atoms with Gasteiger partial charge in [-0.2, -0.15) is 0 Å². The molecular formula is C20H21FN4OS. The van der Waals surface area contributed by atoms with Crippen LogP contribution < -0.4 is 5.32 Å². The molecule has 2 aromatic carbocycles. The van der Waals surface area contributed by atoms with E-state index >= 15 is 0 Å². The van der Waals surface area contributed by atoms with Gasteiger partial charge in [0.2, 0.25) is 5.91 Å². The van der Waals surface area contributed by atoms with Crippen LogP contribution >= 0.6 is 11.8 Å². The smallest absolute Gasteiger partial charge is 0.230 e. The quantitative estimate of drug-likeness (QED) is 0.653. The number of aryl methyl sites for hydroxylation is 2. The number of amides is 1. The number of hydrogen-bond donors (Lipinski definition) is 1. The first-order valence-electron chi connectivity index (χ1n) is 8.60. The van der Waals surface area contributed by atoms with Crippen LogP contribution in [0, 0.1) is 19.7 Å². The molecule has 140 valence electrons. The van der Waals surface area contributed by atoms with Crippen LogP contribution in [-0.4, -0.2) is 26.4 Å². The molecule has 0 fully saturated rings. The Kier molecular flexibility index (Phi) is 5.91. The van der Waals surface area contributed by atoms with Gasteiger partial charge in [-0.15, -0.1) is 10.2 Å². The molecule has 1 atom stereocenters. The molecule has 0 aliphatic rings. The van der Waals surface area contributed by atoms with Gasteiger partial charge < -0.3 is 5.32 Å². The van der Waals surface area contributed by atoms with Crippen LogP contribution in [0.15, 0.2) is 53.7 Å².